The molecule has 3 nitrogen and oxygen atoms in total. The molecule has 0 bridgehead atoms. The molecule has 1 heterocycles. The van der Waals surface area contributed by atoms with Crippen molar-refractivity contribution in [2.45, 2.75) is 44.4 Å². The Morgan fingerprint density at radius 2 is 1.83 bits per heavy atom. The maximum Gasteiger partial charge on any atom is 0.255 e. The third-order valence-electron chi connectivity index (χ3n) is 6.24. The third-order valence-corrected chi connectivity index (χ3v) is 6.44. The van der Waals surface area contributed by atoms with Gasteiger partial charge in [-0.25, -0.2) is 8.78 Å². The van der Waals surface area contributed by atoms with Crippen molar-refractivity contribution < 1.29 is 8.78 Å². The summed E-state index contributed by atoms with van der Waals surface area (Å²) in [4.78, 5) is 18.5. The van der Waals surface area contributed by atoms with Crippen molar-refractivity contribution in [2.75, 3.05) is 0 Å². The summed E-state index contributed by atoms with van der Waals surface area (Å²) in [5.74, 6) is -0.314. The van der Waals surface area contributed by atoms with Crippen LogP contribution < -0.4 is 5.56 Å². The first kappa shape index (κ1) is 20.0. The first-order valence-corrected chi connectivity index (χ1v) is 10.5. The predicted octanol–water partition coefficient (Wildman–Crippen LogP) is 5.71. The zero-order chi connectivity index (χ0) is 20.4. The number of H-pyrrole nitrogens is 2. The summed E-state index contributed by atoms with van der Waals surface area (Å²) in [6.07, 6.45) is 14.3. The van der Waals surface area contributed by atoms with E-state index in [4.69, 9.17) is 12.2 Å². The van der Waals surface area contributed by atoms with Crippen molar-refractivity contribution in [2.24, 2.45) is 11.8 Å². The van der Waals surface area contributed by atoms with E-state index in [1.165, 1.54) is 6.07 Å². The van der Waals surface area contributed by atoms with E-state index in [0.717, 1.165) is 49.9 Å². The lowest BCUT2D eigenvalue weighted by Gasteiger charge is -2.33. The highest BCUT2D eigenvalue weighted by Crippen LogP contribution is 2.40. The molecule has 1 atom stereocenters. The average molecular weight is 415 g/mol. The lowest BCUT2D eigenvalue weighted by Crippen LogP contribution is -2.25. The zero-order valence-corrected chi connectivity index (χ0v) is 16.9. The SMILES string of the molecule is O=c1[nH]c(=S)[nH]c([C@H]2CC[C@H](C3C=CC=CC3)CC2)c1Cc1ccc(F)c(F)c1. The number of aromatic amines is 2. The molecule has 1 aromatic heterocycles. The second kappa shape index (κ2) is 8.57. The number of halogens is 2. The van der Waals surface area contributed by atoms with Crippen LogP contribution in [0.25, 0.3) is 0 Å². The predicted molar refractivity (Wildman–Crippen MR) is 112 cm³/mol. The molecule has 2 aromatic rings. The molecule has 2 N–H and O–H groups in total. The Hall–Kier alpha value is -2.34. The van der Waals surface area contributed by atoms with Crippen LogP contribution in [0.4, 0.5) is 8.78 Å². The van der Waals surface area contributed by atoms with Crippen molar-refractivity contribution in [3.8, 4) is 0 Å². The highest BCUT2D eigenvalue weighted by atomic mass is 32.1. The quantitative estimate of drug-likeness (QED) is 0.630. The first-order chi connectivity index (χ1) is 14.0. The fourth-order valence-corrected chi connectivity index (χ4v) is 4.90. The molecule has 152 valence electrons. The fourth-order valence-electron chi connectivity index (χ4n) is 4.69. The van der Waals surface area contributed by atoms with E-state index in [0.29, 0.717) is 27.7 Å². The smallest absolute Gasteiger partial charge is 0.255 e. The Kier molecular flexibility index (Phi) is 5.90. The second-order valence-corrected chi connectivity index (χ2v) is 8.46. The average Bonchev–Trinajstić information content (AvgIpc) is 2.73. The van der Waals surface area contributed by atoms with Gasteiger partial charge in [-0.15, -0.1) is 0 Å². The molecule has 0 saturated heterocycles. The van der Waals surface area contributed by atoms with Crippen LogP contribution in [0, 0.1) is 28.2 Å². The molecule has 1 saturated carbocycles. The lowest BCUT2D eigenvalue weighted by atomic mass is 9.72. The maximum atomic E-state index is 13.6. The van der Waals surface area contributed by atoms with Crippen molar-refractivity contribution >= 4 is 12.2 Å². The van der Waals surface area contributed by atoms with Gasteiger partial charge in [0.25, 0.3) is 5.56 Å². The van der Waals surface area contributed by atoms with Gasteiger partial charge in [-0.2, -0.15) is 0 Å². The van der Waals surface area contributed by atoms with Gasteiger partial charge < -0.3 is 4.98 Å². The van der Waals surface area contributed by atoms with Crippen molar-refractivity contribution in [1.82, 2.24) is 9.97 Å². The molecule has 2 aliphatic carbocycles. The summed E-state index contributed by atoms with van der Waals surface area (Å²) in [5, 5.41) is 0. The number of nitrogens with one attached hydrogen (secondary N) is 2. The van der Waals surface area contributed by atoms with Gasteiger partial charge in [0.05, 0.1) is 0 Å². The van der Waals surface area contributed by atoms with Crippen LogP contribution in [0.1, 0.15) is 54.8 Å². The van der Waals surface area contributed by atoms with Gasteiger partial charge in [0.2, 0.25) is 0 Å². The molecule has 6 heteroatoms. The largest absolute Gasteiger partial charge is 0.335 e. The Morgan fingerprint density at radius 3 is 2.52 bits per heavy atom. The van der Waals surface area contributed by atoms with Crippen LogP contribution in [0.2, 0.25) is 0 Å². The third kappa shape index (κ3) is 4.47. The summed E-state index contributed by atoms with van der Waals surface area (Å²) < 4.78 is 27.2. The van der Waals surface area contributed by atoms with Gasteiger partial charge in [0.15, 0.2) is 16.4 Å². The molecular formula is C23H24F2N2OS. The van der Waals surface area contributed by atoms with E-state index in [1.54, 1.807) is 0 Å². The van der Waals surface area contributed by atoms with Crippen LogP contribution in [0.5, 0.6) is 0 Å². The Balaban J connectivity index is 1.56. The first-order valence-electron chi connectivity index (χ1n) is 10.1. The van der Waals surface area contributed by atoms with Crippen LogP contribution in [-0.4, -0.2) is 9.97 Å². The molecule has 1 aromatic carbocycles. The number of benzene rings is 1. The van der Waals surface area contributed by atoms with Crippen molar-refractivity contribution in [3.63, 3.8) is 0 Å². The summed E-state index contributed by atoms with van der Waals surface area (Å²) in [6, 6.07) is 3.77. The number of hydrogen-bond acceptors (Lipinski definition) is 2. The monoisotopic (exact) mass is 414 g/mol. The molecule has 1 unspecified atom stereocenters. The minimum absolute atomic E-state index is 0.221. The molecule has 0 spiro atoms. The van der Waals surface area contributed by atoms with Crippen LogP contribution in [0.15, 0.2) is 47.3 Å². The minimum Gasteiger partial charge on any atom is -0.335 e. The van der Waals surface area contributed by atoms with Crippen LogP contribution in [-0.2, 0) is 6.42 Å². The van der Waals surface area contributed by atoms with Crippen LogP contribution >= 0.6 is 12.2 Å². The van der Waals surface area contributed by atoms with Crippen LogP contribution in [0.3, 0.4) is 0 Å². The van der Waals surface area contributed by atoms with E-state index in [-0.39, 0.29) is 17.9 Å². The van der Waals surface area contributed by atoms with E-state index >= 15 is 0 Å². The summed E-state index contributed by atoms with van der Waals surface area (Å²) in [6.45, 7) is 0. The number of aromatic nitrogens is 2. The van der Waals surface area contributed by atoms with Crippen molar-refractivity contribution in [3.05, 3.63) is 86.1 Å². The molecule has 1 fully saturated rings. The Labute approximate surface area is 173 Å². The molecular weight excluding hydrogens is 390 g/mol. The summed E-state index contributed by atoms with van der Waals surface area (Å²) in [5.41, 5.74) is 1.72. The van der Waals surface area contributed by atoms with E-state index in [2.05, 4.69) is 34.3 Å². The van der Waals surface area contributed by atoms with Gasteiger partial charge in [-0.05, 0) is 79.8 Å². The molecule has 2 aliphatic rings. The van der Waals surface area contributed by atoms with Gasteiger partial charge in [-0.1, -0.05) is 30.4 Å². The number of rotatable bonds is 4. The fraction of sp³-hybridized carbons (Fsp3) is 0.391. The number of allylic oxidation sites excluding steroid dienone is 4. The molecule has 0 aliphatic heterocycles. The minimum atomic E-state index is -0.903. The molecule has 4 rings (SSSR count). The lowest BCUT2D eigenvalue weighted by molar-refractivity contribution is 0.262. The summed E-state index contributed by atoms with van der Waals surface area (Å²) >= 11 is 5.21. The Morgan fingerprint density at radius 1 is 1.03 bits per heavy atom. The number of hydrogen-bond donors (Lipinski definition) is 2. The molecule has 29 heavy (non-hydrogen) atoms. The standard InChI is InChI=1S/C23H24F2N2OS/c24-19-11-6-14(13-20(19)25)12-18-21(26-23(29)27-22(18)28)17-9-7-16(8-10-17)15-4-2-1-3-5-15/h1-4,6,11,13,15-17H,5,7-10,12H2,(H2,26,27,28,29)/t15?,16-,17-. The zero-order valence-electron chi connectivity index (χ0n) is 16.1. The van der Waals surface area contributed by atoms with Gasteiger partial charge >= 0.3 is 0 Å². The van der Waals surface area contributed by atoms with Crippen molar-refractivity contribution in [1.29, 1.82) is 0 Å². The van der Waals surface area contributed by atoms with Gasteiger partial charge in [0.1, 0.15) is 0 Å². The Bertz CT molecular complexity index is 1060. The van der Waals surface area contributed by atoms with E-state index < -0.39 is 11.6 Å². The van der Waals surface area contributed by atoms with Gasteiger partial charge in [-0.3, -0.25) is 9.78 Å². The topological polar surface area (TPSA) is 48.6 Å². The van der Waals surface area contributed by atoms with E-state index in [9.17, 15) is 13.6 Å². The highest BCUT2D eigenvalue weighted by Gasteiger charge is 2.29. The normalized spacial score (nSPS) is 24.0. The maximum absolute atomic E-state index is 13.6. The molecule has 0 amide bonds. The second-order valence-electron chi connectivity index (χ2n) is 8.05. The highest BCUT2D eigenvalue weighted by molar-refractivity contribution is 7.71. The molecule has 0 radical (unpaired) electrons. The summed E-state index contributed by atoms with van der Waals surface area (Å²) in [7, 11) is 0. The van der Waals surface area contributed by atoms with E-state index in [1.807, 2.05) is 0 Å². The van der Waals surface area contributed by atoms with Gasteiger partial charge in [0, 0.05) is 17.7 Å².